The molecule has 0 heterocycles. The average molecular weight is 296 g/mol. The maximum atomic E-state index is 12.1. The molecule has 0 bridgehead atoms. The lowest BCUT2D eigenvalue weighted by molar-refractivity contribution is 0.0955. The van der Waals surface area contributed by atoms with E-state index in [0.717, 1.165) is 5.56 Å². The van der Waals surface area contributed by atoms with Crippen LogP contribution in [0.25, 0.3) is 0 Å². The van der Waals surface area contributed by atoms with Gasteiger partial charge in [-0.15, -0.1) is 0 Å². The Kier molecular flexibility index (Phi) is 4.94. The molecule has 0 atom stereocenters. The van der Waals surface area contributed by atoms with E-state index >= 15 is 0 Å². The number of phenols is 1. The van der Waals surface area contributed by atoms with Crippen LogP contribution < -0.4 is 5.43 Å². The third-order valence-electron chi connectivity index (χ3n) is 3.45. The van der Waals surface area contributed by atoms with Crippen LogP contribution in [0.1, 0.15) is 48.2 Å². The summed E-state index contributed by atoms with van der Waals surface area (Å²) >= 11 is 0. The summed E-state index contributed by atoms with van der Waals surface area (Å²) in [4.78, 5) is 12.1. The first-order valence-electron chi connectivity index (χ1n) is 7.21. The summed E-state index contributed by atoms with van der Waals surface area (Å²) in [5, 5.41) is 13.4. The Balaban J connectivity index is 2.05. The highest BCUT2D eigenvalue weighted by molar-refractivity contribution is 6.00. The van der Waals surface area contributed by atoms with Crippen LogP contribution in [-0.2, 0) is 0 Å². The summed E-state index contributed by atoms with van der Waals surface area (Å²) in [5.41, 5.74) is 5.83. The molecule has 0 aliphatic heterocycles. The number of rotatable bonds is 4. The zero-order chi connectivity index (χ0) is 16.1. The Morgan fingerprint density at radius 1 is 1.00 bits per heavy atom. The van der Waals surface area contributed by atoms with E-state index in [1.807, 2.05) is 12.1 Å². The van der Waals surface area contributed by atoms with Crippen molar-refractivity contribution in [1.82, 2.24) is 5.43 Å². The van der Waals surface area contributed by atoms with Gasteiger partial charge in [-0.05, 0) is 60.4 Å². The molecule has 22 heavy (non-hydrogen) atoms. The van der Waals surface area contributed by atoms with Crippen LogP contribution in [-0.4, -0.2) is 16.7 Å². The molecule has 2 aromatic rings. The maximum Gasteiger partial charge on any atom is 0.271 e. The topological polar surface area (TPSA) is 61.7 Å². The van der Waals surface area contributed by atoms with Gasteiger partial charge in [-0.1, -0.05) is 26.0 Å². The van der Waals surface area contributed by atoms with Crippen molar-refractivity contribution in [3.05, 3.63) is 65.2 Å². The molecule has 0 saturated heterocycles. The molecule has 0 aliphatic carbocycles. The van der Waals surface area contributed by atoms with Crippen molar-refractivity contribution in [3.8, 4) is 5.75 Å². The second-order valence-electron chi connectivity index (χ2n) is 5.46. The fourth-order valence-corrected chi connectivity index (χ4v) is 1.99. The molecule has 0 fully saturated rings. The van der Waals surface area contributed by atoms with E-state index in [-0.39, 0.29) is 11.7 Å². The first-order chi connectivity index (χ1) is 10.5. The van der Waals surface area contributed by atoms with Gasteiger partial charge in [0.15, 0.2) is 0 Å². The fourth-order valence-electron chi connectivity index (χ4n) is 1.99. The zero-order valence-electron chi connectivity index (χ0n) is 13.0. The van der Waals surface area contributed by atoms with Gasteiger partial charge in [-0.25, -0.2) is 5.43 Å². The van der Waals surface area contributed by atoms with Crippen LogP contribution in [0, 0.1) is 0 Å². The molecule has 2 N–H and O–H groups in total. The standard InChI is InChI=1S/C18H20N2O2/c1-12(2)14-4-6-16(7-5-14)18(22)20-19-13(3)15-8-10-17(21)11-9-15/h4-12,21H,1-3H3,(H,20,22). The lowest BCUT2D eigenvalue weighted by Crippen LogP contribution is -2.19. The summed E-state index contributed by atoms with van der Waals surface area (Å²) in [5.74, 6) is 0.395. The average Bonchev–Trinajstić information content (AvgIpc) is 2.53. The van der Waals surface area contributed by atoms with Crippen LogP contribution in [0.15, 0.2) is 53.6 Å². The molecule has 2 aromatic carbocycles. The minimum absolute atomic E-state index is 0.200. The molecule has 0 unspecified atom stereocenters. The number of hydrogen-bond donors (Lipinski definition) is 2. The van der Waals surface area contributed by atoms with Crippen molar-refractivity contribution in [2.45, 2.75) is 26.7 Å². The van der Waals surface area contributed by atoms with Crippen LogP contribution >= 0.6 is 0 Å². The van der Waals surface area contributed by atoms with Gasteiger partial charge >= 0.3 is 0 Å². The summed E-state index contributed by atoms with van der Waals surface area (Å²) < 4.78 is 0. The largest absolute Gasteiger partial charge is 0.508 e. The van der Waals surface area contributed by atoms with Crippen molar-refractivity contribution in [2.75, 3.05) is 0 Å². The highest BCUT2D eigenvalue weighted by Crippen LogP contribution is 2.14. The molecule has 114 valence electrons. The van der Waals surface area contributed by atoms with Crippen LogP contribution in [0.4, 0.5) is 0 Å². The van der Waals surface area contributed by atoms with Crippen molar-refractivity contribution in [3.63, 3.8) is 0 Å². The smallest absolute Gasteiger partial charge is 0.271 e. The Hall–Kier alpha value is -2.62. The highest BCUT2D eigenvalue weighted by Gasteiger charge is 2.06. The quantitative estimate of drug-likeness (QED) is 0.668. The van der Waals surface area contributed by atoms with Crippen molar-refractivity contribution >= 4 is 11.6 Å². The molecule has 0 saturated carbocycles. The van der Waals surface area contributed by atoms with Gasteiger partial charge in [0.1, 0.15) is 5.75 Å². The summed E-state index contributed by atoms with van der Waals surface area (Å²) in [7, 11) is 0. The van der Waals surface area contributed by atoms with E-state index in [9.17, 15) is 9.90 Å². The molecular formula is C18H20N2O2. The number of hydrogen-bond acceptors (Lipinski definition) is 3. The molecule has 4 nitrogen and oxygen atoms in total. The summed E-state index contributed by atoms with van der Waals surface area (Å²) in [6.45, 7) is 6.02. The van der Waals surface area contributed by atoms with E-state index in [1.54, 1.807) is 43.3 Å². The number of aromatic hydroxyl groups is 1. The number of nitrogens with zero attached hydrogens (tertiary/aromatic N) is 1. The number of carbonyl (C=O) groups excluding carboxylic acids is 1. The first-order valence-corrected chi connectivity index (χ1v) is 7.21. The minimum Gasteiger partial charge on any atom is -0.508 e. The lowest BCUT2D eigenvalue weighted by atomic mass is 10.0. The number of amides is 1. The second kappa shape index (κ2) is 6.89. The minimum atomic E-state index is -0.242. The Labute approximate surface area is 130 Å². The molecule has 0 spiro atoms. The lowest BCUT2D eigenvalue weighted by Gasteiger charge is -2.06. The van der Waals surface area contributed by atoms with Crippen molar-refractivity contribution in [2.24, 2.45) is 5.10 Å². The van der Waals surface area contributed by atoms with Crippen molar-refractivity contribution in [1.29, 1.82) is 0 Å². The number of phenolic OH excluding ortho intramolecular Hbond substituents is 1. The maximum absolute atomic E-state index is 12.1. The van der Waals surface area contributed by atoms with Crippen molar-refractivity contribution < 1.29 is 9.90 Å². The zero-order valence-corrected chi connectivity index (χ0v) is 13.0. The molecule has 0 radical (unpaired) electrons. The third-order valence-corrected chi connectivity index (χ3v) is 3.45. The SMILES string of the molecule is CC(=NNC(=O)c1ccc(C(C)C)cc1)c1ccc(O)cc1. The number of hydrazone groups is 1. The van der Waals surface area contributed by atoms with Gasteiger partial charge in [0, 0.05) is 5.56 Å². The summed E-state index contributed by atoms with van der Waals surface area (Å²) in [6, 6.07) is 14.2. The van der Waals surface area contributed by atoms with Gasteiger partial charge < -0.3 is 5.11 Å². The number of carbonyl (C=O) groups is 1. The molecule has 2 rings (SSSR count). The molecule has 1 amide bonds. The van der Waals surface area contributed by atoms with Gasteiger partial charge in [0.25, 0.3) is 5.91 Å². The predicted molar refractivity (Wildman–Crippen MR) is 88.3 cm³/mol. The van der Waals surface area contributed by atoms with Gasteiger partial charge in [-0.3, -0.25) is 4.79 Å². The highest BCUT2D eigenvalue weighted by atomic mass is 16.3. The predicted octanol–water partition coefficient (Wildman–Crippen LogP) is 3.67. The van der Waals surface area contributed by atoms with E-state index < -0.39 is 0 Å². The van der Waals surface area contributed by atoms with E-state index in [4.69, 9.17) is 0 Å². The molecule has 0 aromatic heterocycles. The van der Waals surface area contributed by atoms with Crippen LogP contribution in [0.5, 0.6) is 5.75 Å². The monoisotopic (exact) mass is 296 g/mol. The van der Waals surface area contributed by atoms with Gasteiger partial charge in [0.2, 0.25) is 0 Å². The van der Waals surface area contributed by atoms with Crippen LogP contribution in [0.2, 0.25) is 0 Å². The Bertz CT molecular complexity index is 671. The second-order valence-corrected chi connectivity index (χ2v) is 5.46. The van der Waals surface area contributed by atoms with Crippen LogP contribution in [0.3, 0.4) is 0 Å². The Morgan fingerprint density at radius 3 is 2.09 bits per heavy atom. The molecule has 0 aliphatic rings. The summed E-state index contributed by atoms with van der Waals surface area (Å²) in [6.07, 6.45) is 0. The Morgan fingerprint density at radius 2 is 1.55 bits per heavy atom. The first kappa shape index (κ1) is 15.8. The van der Waals surface area contributed by atoms with E-state index in [2.05, 4.69) is 24.4 Å². The number of benzene rings is 2. The van der Waals surface area contributed by atoms with Gasteiger partial charge in [0.05, 0.1) is 5.71 Å². The van der Waals surface area contributed by atoms with E-state index in [1.165, 1.54) is 5.56 Å². The molecule has 4 heteroatoms. The van der Waals surface area contributed by atoms with Gasteiger partial charge in [-0.2, -0.15) is 5.10 Å². The fraction of sp³-hybridized carbons (Fsp3) is 0.222. The third kappa shape index (κ3) is 3.95. The molecular weight excluding hydrogens is 276 g/mol. The normalized spacial score (nSPS) is 11.5. The number of nitrogens with one attached hydrogen (secondary N) is 1. The van der Waals surface area contributed by atoms with E-state index in [0.29, 0.717) is 17.2 Å².